The van der Waals surface area contributed by atoms with Crippen LogP contribution in [0.5, 0.6) is 0 Å². The lowest BCUT2D eigenvalue weighted by Gasteiger charge is -2.09. The third kappa shape index (κ3) is 4.35. The van der Waals surface area contributed by atoms with Crippen molar-refractivity contribution in [2.45, 2.75) is 0 Å². The van der Waals surface area contributed by atoms with Crippen LogP contribution in [0.15, 0.2) is 173 Å². The molecule has 0 radical (unpaired) electrons. The zero-order chi connectivity index (χ0) is 33.5. The molecule has 51 heavy (non-hydrogen) atoms. The Balaban J connectivity index is 1.10. The Labute approximate surface area is 291 Å². The minimum absolute atomic E-state index is 0.690. The molecule has 238 valence electrons. The highest BCUT2D eigenvalue weighted by Crippen LogP contribution is 2.40. The molecule has 0 aliphatic heterocycles. The highest BCUT2D eigenvalue weighted by molar-refractivity contribution is 6.16. The average Bonchev–Trinajstić information content (AvgIpc) is 3.85. The maximum atomic E-state index is 6.42. The van der Waals surface area contributed by atoms with Crippen molar-refractivity contribution in [1.29, 1.82) is 0 Å². The Bertz CT molecular complexity index is 3020. The number of rotatable bonds is 4. The first-order valence-electron chi connectivity index (χ1n) is 17.1. The molecule has 11 aromatic rings. The van der Waals surface area contributed by atoms with Crippen LogP contribution in [-0.2, 0) is 0 Å². The molecule has 7 aromatic carbocycles. The van der Waals surface area contributed by atoms with Crippen LogP contribution in [0.3, 0.4) is 0 Å². The first kappa shape index (κ1) is 27.9. The predicted molar refractivity (Wildman–Crippen MR) is 207 cm³/mol. The maximum Gasteiger partial charge on any atom is 0.160 e. The molecule has 4 heterocycles. The Morgan fingerprint density at radius 3 is 1.55 bits per heavy atom. The Morgan fingerprint density at radius 2 is 0.882 bits per heavy atom. The van der Waals surface area contributed by atoms with Gasteiger partial charge in [0, 0.05) is 60.8 Å². The molecule has 0 spiro atoms. The van der Waals surface area contributed by atoms with Crippen LogP contribution in [0, 0.1) is 0 Å². The summed E-state index contributed by atoms with van der Waals surface area (Å²) in [5, 5.41) is 6.65. The van der Waals surface area contributed by atoms with E-state index in [2.05, 4.69) is 108 Å². The lowest BCUT2D eigenvalue weighted by Crippen LogP contribution is -1.95. The molecule has 5 heteroatoms. The Kier molecular flexibility index (Phi) is 5.89. The molecule has 0 saturated heterocycles. The van der Waals surface area contributed by atoms with Gasteiger partial charge in [-0.25, -0.2) is 9.97 Å². The van der Waals surface area contributed by atoms with Gasteiger partial charge in [-0.15, -0.1) is 0 Å². The number of fused-ring (bicyclic) bond motifs is 9. The van der Waals surface area contributed by atoms with Crippen molar-refractivity contribution in [3.8, 4) is 39.6 Å². The summed E-state index contributed by atoms with van der Waals surface area (Å²) in [6.07, 6.45) is 0. The van der Waals surface area contributed by atoms with Crippen LogP contribution in [0.2, 0.25) is 0 Å². The molecule has 0 saturated carbocycles. The van der Waals surface area contributed by atoms with E-state index in [9.17, 15) is 0 Å². The van der Waals surface area contributed by atoms with Gasteiger partial charge < -0.3 is 13.4 Å². The number of para-hydroxylation sites is 2. The van der Waals surface area contributed by atoms with Crippen LogP contribution in [0.4, 0.5) is 0 Å². The fourth-order valence-corrected chi connectivity index (χ4v) is 7.60. The molecule has 4 aromatic heterocycles. The number of furan rings is 2. The highest BCUT2D eigenvalue weighted by Gasteiger charge is 2.18. The van der Waals surface area contributed by atoms with E-state index in [1.165, 1.54) is 21.8 Å². The average molecular weight is 654 g/mol. The Hall–Kier alpha value is -6.98. The van der Waals surface area contributed by atoms with Gasteiger partial charge in [0.1, 0.15) is 22.3 Å². The first-order valence-corrected chi connectivity index (χ1v) is 17.1. The summed E-state index contributed by atoms with van der Waals surface area (Å²) in [5.74, 6) is 0.690. The van der Waals surface area contributed by atoms with E-state index in [0.717, 1.165) is 77.6 Å². The minimum atomic E-state index is 0.690. The molecule has 11 rings (SSSR count). The van der Waals surface area contributed by atoms with Gasteiger partial charge in [0.2, 0.25) is 0 Å². The quantitative estimate of drug-likeness (QED) is 0.190. The molecule has 0 unspecified atom stereocenters. The second-order valence-electron chi connectivity index (χ2n) is 13.0. The van der Waals surface area contributed by atoms with Crippen molar-refractivity contribution in [1.82, 2.24) is 14.5 Å². The van der Waals surface area contributed by atoms with E-state index in [0.29, 0.717) is 5.82 Å². The van der Waals surface area contributed by atoms with Gasteiger partial charge in [-0.1, -0.05) is 97.1 Å². The molecule has 0 aliphatic carbocycles. The molecular weight excluding hydrogens is 627 g/mol. The van der Waals surface area contributed by atoms with Crippen LogP contribution in [0.1, 0.15) is 0 Å². The predicted octanol–water partition coefficient (Wildman–Crippen LogP) is 12.4. The van der Waals surface area contributed by atoms with Gasteiger partial charge in [0.25, 0.3) is 0 Å². The van der Waals surface area contributed by atoms with Crippen molar-refractivity contribution in [3.05, 3.63) is 164 Å². The lowest BCUT2D eigenvalue weighted by atomic mass is 10.0. The number of benzene rings is 7. The summed E-state index contributed by atoms with van der Waals surface area (Å²) in [6.45, 7) is 0. The highest BCUT2D eigenvalue weighted by atomic mass is 16.3. The SMILES string of the molecule is c1ccc(-c2cc(-c3ccc4oc5cc6oc7ccc(-n8c9ccccc9c9ccccc98)cc7c6cc5c4c3)nc(-c3ccccc3)n2)cc1. The maximum absolute atomic E-state index is 6.42. The molecule has 0 fully saturated rings. The smallest absolute Gasteiger partial charge is 0.160 e. The summed E-state index contributed by atoms with van der Waals surface area (Å²) in [4.78, 5) is 10.0. The standard InChI is InChI=1S/C46H27N3O2/c1-3-11-28(12-4-1)38-26-39(48-46(47-38)29-13-5-2-6-14-29)30-19-21-42-34(23-30)36-25-37-35-24-31(20-22-43(35)51-45(37)27-44(36)50-42)49-40-17-9-7-15-32(40)33-16-8-10-18-41(33)49/h1-27H. The van der Waals surface area contributed by atoms with E-state index in [-0.39, 0.29) is 0 Å². The number of hydrogen-bond donors (Lipinski definition) is 0. The molecule has 0 bridgehead atoms. The van der Waals surface area contributed by atoms with Gasteiger partial charge in [-0.05, 0) is 60.7 Å². The van der Waals surface area contributed by atoms with E-state index in [4.69, 9.17) is 18.8 Å². The summed E-state index contributed by atoms with van der Waals surface area (Å²) >= 11 is 0. The van der Waals surface area contributed by atoms with Crippen molar-refractivity contribution in [2.24, 2.45) is 0 Å². The monoisotopic (exact) mass is 653 g/mol. The third-order valence-electron chi connectivity index (χ3n) is 10.0. The minimum Gasteiger partial charge on any atom is -0.456 e. The molecule has 0 amide bonds. The topological polar surface area (TPSA) is 57.0 Å². The third-order valence-corrected chi connectivity index (χ3v) is 10.0. The summed E-state index contributed by atoms with van der Waals surface area (Å²) < 4.78 is 15.2. The normalized spacial score (nSPS) is 11.9. The van der Waals surface area contributed by atoms with E-state index in [1.807, 2.05) is 60.7 Å². The summed E-state index contributed by atoms with van der Waals surface area (Å²) in [5.41, 5.74) is 11.4. The number of hydrogen-bond acceptors (Lipinski definition) is 4. The van der Waals surface area contributed by atoms with Crippen LogP contribution >= 0.6 is 0 Å². The van der Waals surface area contributed by atoms with E-state index < -0.39 is 0 Å². The van der Waals surface area contributed by atoms with Gasteiger partial charge in [-0.2, -0.15) is 0 Å². The molecule has 0 aliphatic rings. The van der Waals surface area contributed by atoms with Gasteiger partial charge in [0.15, 0.2) is 5.82 Å². The Morgan fingerprint density at radius 1 is 0.353 bits per heavy atom. The molecule has 5 nitrogen and oxygen atoms in total. The second kappa shape index (κ2) is 10.8. The summed E-state index contributed by atoms with van der Waals surface area (Å²) in [6, 6.07) is 56.7. The fourth-order valence-electron chi connectivity index (χ4n) is 7.60. The van der Waals surface area contributed by atoms with Gasteiger partial charge in [-0.3, -0.25) is 0 Å². The van der Waals surface area contributed by atoms with E-state index in [1.54, 1.807) is 0 Å². The molecule has 0 N–H and O–H groups in total. The van der Waals surface area contributed by atoms with E-state index >= 15 is 0 Å². The van der Waals surface area contributed by atoms with Gasteiger partial charge >= 0.3 is 0 Å². The lowest BCUT2D eigenvalue weighted by molar-refractivity contribution is 0.656. The number of aromatic nitrogens is 3. The molecular formula is C46H27N3O2. The molecule has 0 atom stereocenters. The van der Waals surface area contributed by atoms with Gasteiger partial charge in [0.05, 0.1) is 22.4 Å². The largest absolute Gasteiger partial charge is 0.456 e. The zero-order valence-corrected chi connectivity index (χ0v) is 27.2. The second-order valence-corrected chi connectivity index (χ2v) is 13.0. The van der Waals surface area contributed by atoms with Crippen LogP contribution in [0.25, 0.3) is 105 Å². The van der Waals surface area contributed by atoms with Crippen molar-refractivity contribution >= 4 is 65.7 Å². The summed E-state index contributed by atoms with van der Waals surface area (Å²) in [7, 11) is 0. The van der Waals surface area contributed by atoms with Crippen molar-refractivity contribution in [3.63, 3.8) is 0 Å². The fraction of sp³-hybridized carbons (Fsp3) is 0. The van der Waals surface area contributed by atoms with Crippen LogP contribution < -0.4 is 0 Å². The first-order chi connectivity index (χ1) is 25.2. The van der Waals surface area contributed by atoms with Crippen LogP contribution in [-0.4, -0.2) is 14.5 Å². The van der Waals surface area contributed by atoms with Crippen molar-refractivity contribution < 1.29 is 8.83 Å². The van der Waals surface area contributed by atoms with Crippen molar-refractivity contribution in [2.75, 3.05) is 0 Å². The zero-order valence-electron chi connectivity index (χ0n) is 27.2. The number of nitrogens with zero attached hydrogens (tertiary/aromatic N) is 3.